The van der Waals surface area contributed by atoms with Crippen LogP contribution in [0.25, 0.3) is 0 Å². The third-order valence-corrected chi connectivity index (χ3v) is 5.03. The highest BCUT2D eigenvalue weighted by atomic mass is 35.5. The van der Waals surface area contributed by atoms with E-state index in [1.807, 2.05) is 24.3 Å². The molecule has 6 heteroatoms. The van der Waals surface area contributed by atoms with E-state index in [2.05, 4.69) is 27.2 Å². The number of ether oxygens (including phenoxy) is 1. The summed E-state index contributed by atoms with van der Waals surface area (Å²) in [6, 6.07) is 15.4. The SMILES string of the molecule is COCCN1CCN(c2ccc(NC(=O)Cc3ccc(Cl)cc3)cc2)CC1. The van der Waals surface area contributed by atoms with E-state index >= 15 is 0 Å². The molecular weight excluding hydrogens is 362 g/mol. The first-order chi connectivity index (χ1) is 13.1. The molecule has 0 bridgehead atoms. The van der Waals surface area contributed by atoms with Crippen LogP contribution < -0.4 is 10.2 Å². The van der Waals surface area contributed by atoms with Gasteiger partial charge in [0.2, 0.25) is 5.91 Å². The van der Waals surface area contributed by atoms with Gasteiger partial charge in [-0.25, -0.2) is 0 Å². The number of amides is 1. The van der Waals surface area contributed by atoms with Gasteiger partial charge >= 0.3 is 0 Å². The quantitative estimate of drug-likeness (QED) is 0.791. The minimum atomic E-state index is -0.0307. The Labute approximate surface area is 165 Å². The van der Waals surface area contributed by atoms with Crippen molar-refractivity contribution in [2.24, 2.45) is 0 Å². The number of methoxy groups -OCH3 is 1. The number of carbonyl (C=O) groups excluding carboxylic acids is 1. The number of hydrogen-bond donors (Lipinski definition) is 1. The molecule has 2 aromatic carbocycles. The van der Waals surface area contributed by atoms with Crippen LogP contribution in [0.2, 0.25) is 5.02 Å². The van der Waals surface area contributed by atoms with Crippen LogP contribution in [0.4, 0.5) is 11.4 Å². The lowest BCUT2D eigenvalue weighted by Crippen LogP contribution is -2.47. The smallest absolute Gasteiger partial charge is 0.228 e. The van der Waals surface area contributed by atoms with Crippen molar-refractivity contribution in [3.63, 3.8) is 0 Å². The summed E-state index contributed by atoms with van der Waals surface area (Å²) in [5, 5.41) is 3.63. The van der Waals surface area contributed by atoms with E-state index in [0.717, 1.165) is 50.6 Å². The first kappa shape index (κ1) is 19.7. The van der Waals surface area contributed by atoms with E-state index in [1.54, 1.807) is 19.2 Å². The van der Waals surface area contributed by atoms with Crippen LogP contribution in [0.5, 0.6) is 0 Å². The van der Waals surface area contributed by atoms with Crippen molar-refractivity contribution >= 4 is 28.9 Å². The zero-order chi connectivity index (χ0) is 19.1. The second kappa shape index (κ2) is 9.74. The van der Waals surface area contributed by atoms with Crippen LogP contribution in [0.3, 0.4) is 0 Å². The second-order valence-corrected chi connectivity index (χ2v) is 7.16. The fraction of sp³-hybridized carbons (Fsp3) is 0.381. The van der Waals surface area contributed by atoms with Crippen molar-refractivity contribution in [1.29, 1.82) is 0 Å². The highest BCUT2D eigenvalue weighted by Gasteiger charge is 2.16. The van der Waals surface area contributed by atoms with Gasteiger partial charge in [-0.15, -0.1) is 0 Å². The van der Waals surface area contributed by atoms with Crippen LogP contribution in [0.15, 0.2) is 48.5 Å². The van der Waals surface area contributed by atoms with Crippen molar-refractivity contribution in [3.05, 3.63) is 59.1 Å². The normalized spacial score (nSPS) is 15.0. The average molecular weight is 388 g/mol. The van der Waals surface area contributed by atoms with Gasteiger partial charge in [-0.2, -0.15) is 0 Å². The van der Waals surface area contributed by atoms with Crippen molar-refractivity contribution in [2.45, 2.75) is 6.42 Å². The minimum absolute atomic E-state index is 0.0307. The number of anilines is 2. The molecule has 3 rings (SSSR count). The number of hydrogen-bond acceptors (Lipinski definition) is 4. The summed E-state index contributed by atoms with van der Waals surface area (Å²) in [7, 11) is 1.74. The zero-order valence-corrected chi connectivity index (χ0v) is 16.4. The molecule has 0 spiro atoms. The Balaban J connectivity index is 1.48. The van der Waals surface area contributed by atoms with E-state index in [0.29, 0.717) is 11.4 Å². The van der Waals surface area contributed by atoms with Gasteiger partial charge in [0.25, 0.3) is 0 Å². The standard InChI is InChI=1S/C21H26ClN3O2/c1-27-15-14-24-10-12-25(13-11-24)20-8-6-19(7-9-20)23-21(26)16-17-2-4-18(22)5-3-17/h2-9H,10-16H2,1H3,(H,23,26). The number of carbonyl (C=O) groups is 1. The third kappa shape index (κ3) is 5.96. The number of piperazine rings is 1. The topological polar surface area (TPSA) is 44.8 Å². The molecule has 27 heavy (non-hydrogen) atoms. The Kier molecular flexibility index (Phi) is 7.10. The molecule has 1 aliphatic rings. The minimum Gasteiger partial charge on any atom is -0.383 e. The molecule has 0 aromatic heterocycles. The Morgan fingerprint density at radius 2 is 1.70 bits per heavy atom. The van der Waals surface area contributed by atoms with Gasteiger partial charge in [0.05, 0.1) is 13.0 Å². The molecule has 1 saturated heterocycles. The predicted octanol–water partition coefficient (Wildman–Crippen LogP) is 3.29. The molecule has 0 aliphatic carbocycles. The first-order valence-corrected chi connectivity index (χ1v) is 9.62. The largest absolute Gasteiger partial charge is 0.383 e. The Bertz CT molecular complexity index is 726. The highest BCUT2D eigenvalue weighted by Crippen LogP contribution is 2.20. The highest BCUT2D eigenvalue weighted by molar-refractivity contribution is 6.30. The van der Waals surface area contributed by atoms with E-state index in [1.165, 1.54) is 5.69 Å². The number of rotatable bonds is 7. The third-order valence-electron chi connectivity index (χ3n) is 4.78. The van der Waals surface area contributed by atoms with E-state index in [9.17, 15) is 4.79 Å². The lowest BCUT2D eigenvalue weighted by Gasteiger charge is -2.36. The molecule has 2 aromatic rings. The Morgan fingerprint density at radius 1 is 1.04 bits per heavy atom. The van der Waals surface area contributed by atoms with Crippen molar-refractivity contribution in [1.82, 2.24) is 4.90 Å². The van der Waals surface area contributed by atoms with Crippen LogP contribution in [-0.2, 0) is 16.0 Å². The van der Waals surface area contributed by atoms with Crippen molar-refractivity contribution in [2.75, 3.05) is 56.7 Å². The molecule has 0 atom stereocenters. The van der Waals surface area contributed by atoms with Crippen LogP contribution in [0.1, 0.15) is 5.56 Å². The van der Waals surface area contributed by atoms with Gasteiger partial charge in [-0.1, -0.05) is 23.7 Å². The molecule has 1 amide bonds. The van der Waals surface area contributed by atoms with Crippen molar-refractivity contribution < 1.29 is 9.53 Å². The summed E-state index contributed by atoms with van der Waals surface area (Å²) < 4.78 is 5.15. The Hall–Kier alpha value is -2.08. The van der Waals surface area contributed by atoms with Gasteiger partial charge in [0.15, 0.2) is 0 Å². The van der Waals surface area contributed by atoms with Crippen molar-refractivity contribution in [3.8, 4) is 0 Å². The van der Waals surface area contributed by atoms with Crippen LogP contribution in [-0.4, -0.2) is 57.2 Å². The molecule has 0 unspecified atom stereocenters. The number of halogens is 1. The lowest BCUT2D eigenvalue weighted by molar-refractivity contribution is -0.115. The molecule has 5 nitrogen and oxygen atoms in total. The van der Waals surface area contributed by atoms with E-state index < -0.39 is 0 Å². The van der Waals surface area contributed by atoms with Gasteiger partial charge in [0, 0.05) is 56.2 Å². The van der Waals surface area contributed by atoms with Gasteiger partial charge in [0.1, 0.15) is 0 Å². The second-order valence-electron chi connectivity index (χ2n) is 6.72. The molecule has 1 fully saturated rings. The summed E-state index contributed by atoms with van der Waals surface area (Å²) in [6.45, 7) is 5.87. The summed E-state index contributed by atoms with van der Waals surface area (Å²) in [4.78, 5) is 17.0. The molecule has 0 saturated carbocycles. The fourth-order valence-corrected chi connectivity index (χ4v) is 3.32. The van der Waals surface area contributed by atoms with Gasteiger partial charge in [-0.3, -0.25) is 9.69 Å². The van der Waals surface area contributed by atoms with E-state index in [4.69, 9.17) is 16.3 Å². The maximum absolute atomic E-state index is 12.2. The zero-order valence-electron chi connectivity index (χ0n) is 15.7. The van der Waals surface area contributed by atoms with Crippen LogP contribution >= 0.6 is 11.6 Å². The lowest BCUT2D eigenvalue weighted by atomic mass is 10.1. The monoisotopic (exact) mass is 387 g/mol. The maximum atomic E-state index is 12.2. The molecule has 1 aliphatic heterocycles. The Morgan fingerprint density at radius 3 is 2.33 bits per heavy atom. The molecule has 0 radical (unpaired) electrons. The predicted molar refractivity (Wildman–Crippen MR) is 111 cm³/mol. The molecule has 144 valence electrons. The number of benzene rings is 2. The first-order valence-electron chi connectivity index (χ1n) is 9.24. The molecule has 1 N–H and O–H groups in total. The summed E-state index contributed by atoms with van der Waals surface area (Å²) in [5.41, 5.74) is 2.95. The van der Waals surface area contributed by atoms with Crippen LogP contribution in [0, 0.1) is 0 Å². The summed E-state index contributed by atoms with van der Waals surface area (Å²) >= 11 is 5.87. The summed E-state index contributed by atoms with van der Waals surface area (Å²) in [5.74, 6) is -0.0307. The summed E-state index contributed by atoms with van der Waals surface area (Å²) in [6.07, 6.45) is 0.336. The number of nitrogens with one attached hydrogen (secondary N) is 1. The fourth-order valence-electron chi connectivity index (χ4n) is 3.20. The number of nitrogens with zero attached hydrogens (tertiary/aromatic N) is 2. The molecule has 1 heterocycles. The van der Waals surface area contributed by atoms with Gasteiger partial charge < -0.3 is 15.0 Å². The van der Waals surface area contributed by atoms with E-state index in [-0.39, 0.29) is 5.91 Å². The average Bonchev–Trinajstić information content (AvgIpc) is 2.69. The maximum Gasteiger partial charge on any atom is 0.228 e. The molecular formula is C21H26ClN3O2. The van der Waals surface area contributed by atoms with Gasteiger partial charge in [-0.05, 0) is 42.0 Å².